The van der Waals surface area contributed by atoms with E-state index in [1.165, 1.54) is 7.05 Å². The van der Waals surface area contributed by atoms with Gasteiger partial charge in [-0.1, -0.05) is 0 Å². The van der Waals surface area contributed by atoms with Crippen molar-refractivity contribution in [3.05, 3.63) is 0 Å². The van der Waals surface area contributed by atoms with Crippen molar-refractivity contribution >= 4 is 6.09 Å². The predicted molar refractivity (Wildman–Crippen MR) is 45.0 cm³/mol. The zero-order chi connectivity index (χ0) is 9.40. The Morgan fingerprint density at radius 1 is 1.67 bits per heavy atom. The fourth-order valence-corrected chi connectivity index (χ4v) is 0.599. The van der Waals surface area contributed by atoms with E-state index < -0.39 is 6.09 Å². The van der Waals surface area contributed by atoms with Gasteiger partial charge in [0.25, 0.3) is 0 Å². The molecular weight excluding hydrogens is 160 g/mol. The van der Waals surface area contributed by atoms with Crippen molar-refractivity contribution in [2.24, 2.45) is 0 Å². The number of nitrogens with one attached hydrogen (secondary N) is 2. The molecule has 0 aliphatic carbocycles. The molecule has 0 aromatic rings. The van der Waals surface area contributed by atoms with Crippen LogP contribution in [-0.2, 0) is 4.74 Å². The van der Waals surface area contributed by atoms with Gasteiger partial charge in [0.05, 0.1) is 6.10 Å². The highest BCUT2D eigenvalue weighted by atomic mass is 16.5. The van der Waals surface area contributed by atoms with Gasteiger partial charge in [-0.05, 0) is 6.92 Å². The van der Waals surface area contributed by atoms with Gasteiger partial charge in [0.1, 0.15) is 6.61 Å². The van der Waals surface area contributed by atoms with E-state index in [-0.39, 0.29) is 6.10 Å². The van der Waals surface area contributed by atoms with Crippen LogP contribution in [0, 0.1) is 0 Å². The lowest BCUT2D eigenvalue weighted by molar-refractivity contribution is 0.145. The van der Waals surface area contributed by atoms with Crippen molar-refractivity contribution in [1.29, 1.82) is 0 Å². The molecule has 0 saturated carbocycles. The van der Waals surface area contributed by atoms with E-state index in [4.69, 9.17) is 5.11 Å². The first-order valence-electron chi connectivity index (χ1n) is 3.90. The Labute approximate surface area is 72.1 Å². The number of aliphatic hydroxyl groups is 1. The highest BCUT2D eigenvalue weighted by Gasteiger charge is 1.97. The Morgan fingerprint density at radius 3 is 2.83 bits per heavy atom. The standard InChI is InChI=1S/C7H16N2O3/c1-6(10)5-9-3-4-12-7(11)8-2/h6,9-10H,3-5H2,1-2H3,(H,8,11). The number of hydrogen-bond acceptors (Lipinski definition) is 4. The molecule has 0 aliphatic heterocycles. The number of rotatable bonds is 5. The van der Waals surface area contributed by atoms with E-state index in [1.807, 2.05) is 0 Å². The summed E-state index contributed by atoms with van der Waals surface area (Å²) >= 11 is 0. The molecule has 0 radical (unpaired) electrons. The monoisotopic (exact) mass is 176 g/mol. The van der Waals surface area contributed by atoms with E-state index >= 15 is 0 Å². The number of amides is 1. The average Bonchev–Trinajstić information content (AvgIpc) is 2.03. The van der Waals surface area contributed by atoms with Crippen molar-refractivity contribution in [2.45, 2.75) is 13.0 Å². The van der Waals surface area contributed by atoms with Crippen LogP contribution in [0.1, 0.15) is 6.92 Å². The van der Waals surface area contributed by atoms with Crippen LogP contribution in [0.2, 0.25) is 0 Å². The van der Waals surface area contributed by atoms with Gasteiger partial charge in [-0.3, -0.25) is 0 Å². The second-order valence-corrected chi connectivity index (χ2v) is 2.44. The van der Waals surface area contributed by atoms with Crippen LogP contribution >= 0.6 is 0 Å². The highest BCUT2D eigenvalue weighted by molar-refractivity contribution is 5.66. The summed E-state index contributed by atoms with van der Waals surface area (Å²) in [5, 5.41) is 14.1. The Balaban J connectivity index is 3.05. The number of ether oxygens (including phenoxy) is 1. The van der Waals surface area contributed by atoms with E-state index in [9.17, 15) is 4.79 Å². The quantitative estimate of drug-likeness (QED) is 0.485. The molecule has 12 heavy (non-hydrogen) atoms. The summed E-state index contributed by atoms with van der Waals surface area (Å²) < 4.78 is 4.68. The molecule has 0 heterocycles. The second-order valence-electron chi connectivity index (χ2n) is 2.44. The minimum Gasteiger partial charge on any atom is -0.448 e. The van der Waals surface area contributed by atoms with Gasteiger partial charge in [-0.15, -0.1) is 0 Å². The van der Waals surface area contributed by atoms with Gasteiger partial charge >= 0.3 is 6.09 Å². The van der Waals surface area contributed by atoms with E-state index in [0.29, 0.717) is 19.7 Å². The summed E-state index contributed by atoms with van der Waals surface area (Å²) in [6, 6.07) is 0. The maximum Gasteiger partial charge on any atom is 0.406 e. The van der Waals surface area contributed by atoms with Crippen LogP contribution in [0.3, 0.4) is 0 Å². The van der Waals surface area contributed by atoms with Crippen molar-refractivity contribution in [3.63, 3.8) is 0 Å². The molecule has 5 heteroatoms. The third kappa shape index (κ3) is 7.30. The predicted octanol–water partition coefficient (Wildman–Crippen LogP) is -0.687. The topological polar surface area (TPSA) is 70.6 Å². The minimum absolute atomic E-state index is 0.312. The van der Waals surface area contributed by atoms with Crippen LogP contribution in [0.4, 0.5) is 4.79 Å². The van der Waals surface area contributed by atoms with E-state index in [1.54, 1.807) is 6.92 Å². The number of carbonyl (C=O) groups excluding carboxylic acids is 1. The van der Waals surface area contributed by atoms with Gasteiger partial charge in [-0.2, -0.15) is 0 Å². The maximum atomic E-state index is 10.5. The molecule has 1 atom stereocenters. The number of carbonyl (C=O) groups is 1. The Morgan fingerprint density at radius 2 is 2.33 bits per heavy atom. The van der Waals surface area contributed by atoms with Crippen molar-refractivity contribution in [1.82, 2.24) is 10.6 Å². The Kier molecular flexibility index (Phi) is 6.41. The molecule has 0 saturated heterocycles. The molecule has 0 bridgehead atoms. The van der Waals surface area contributed by atoms with E-state index in [0.717, 1.165) is 0 Å². The van der Waals surface area contributed by atoms with Gasteiger partial charge in [0, 0.05) is 20.1 Å². The second kappa shape index (κ2) is 6.87. The summed E-state index contributed by atoms with van der Waals surface area (Å²) in [5.41, 5.74) is 0. The van der Waals surface area contributed by atoms with Crippen molar-refractivity contribution in [3.8, 4) is 0 Å². The van der Waals surface area contributed by atoms with Gasteiger partial charge in [0.15, 0.2) is 0 Å². The molecule has 1 unspecified atom stereocenters. The zero-order valence-electron chi connectivity index (χ0n) is 7.46. The first-order chi connectivity index (χ1) is 5.66. The molecule has 0 aromatic carbocycles. The normalized spacial score (nSPS) is 12.2. The Hall–Kier alpha value is -0.810. The lowest BCUT2D eigenvalue weighted by Gasteiger charge is -2.06. The summed E-state index contributed by atoms with van der Waals surface area (Å²) in [5.74, 6) is 0. The van der Waals surface area contributed by atoms with Gasteiger partial charge < -0.3 is 20.5 Å². The maximum absolute atomic E-state index is 10.5. The van der Waals surface area contributed by atoms with Gasteiger partial charge in [-0.25, -0.2) is 4.79 Å². The molecule has 0 fully saturated rings. The largest absolute Gasteiger partial charge is 0.448 e. The zero-order valence-corrected chi connectivity index (χ0v) is 7.46. The molecule has 3 N–H and O–H groups in total. The Bertz CT molecular complexity index is 128. The van der Waals surface area contributed by atoms with Crippen LogP contribution < -0.4 is 10.6 Å². The van der Waals surface area contributed by atoms with Gasteiger partial charge in [0.2, 0.25) is 0 Å². The van der Waals surface area contributed by atoms with Crippen LogP contribution in [0.15, 0.2) is 0 Å². The van der Waals surface area contributed by atoms with Crippen LogP contribution in [0.25, 0.3) is 0 Å². The lowest BCUT2D eigenvalue weighted by Crippen LogP contribution is -2.29. The highest BCUT2D eigenvalue weighted by Crippen LogP contribution is 1.76. The number of aliphatic hydroxyl groups excluding tert-OH is 1. The van der Waals surface area contributed by atoms with Crippen molar-refractivity contribution < 1.29 is 14.6 Å². The summed E-state index contributed by atoms with van der Waals surface area (Å²) in [6.45, 7) is 3.06. The lowest BCUT2D eigenvalue weighted by atomic mass is 10.4. The third-order valence-corrected chi connectivity index (χ3v) is 1.16. The molecule has 0 spiro atoms. The fraction of sp³-hybridized carbons (Fsp3) is 0.857. The molecule has 0 aromatic heterocycles. The minimum atomic E-state index is -0.436. The third-order valence-electron chi connectivity index (χ3n) is 1.16. The summed E-state index contributed by atoms with van der Waals surface area (Å²) in [7, 11) is 1.51. The average molecular weight is 176 g/mol. The first-order valence-corrected chi connectivity index (χ1v) is 3.90. The summed E-state index contributed by atoms with van der Waals surface area (Å²) in [6.07, 6.45) is -0.807. The van der Waals surface area contributed by atoms with Crippen molar-refractivity contribution in [2.75, 3.05) is 26.7 Å². The first kappa shape index (κ1) is 11.2. The number of hydrogen-bond donors (Lipinski definition) is 3. The molecule has 72 valence electrons. The number of alkyl carbamates (subject to hydrolysis) is 1. The molecule has 0 aliphatic rings. The fourth-order valence-electron chi connectivity index (χ4n) is 0.599. The SMILES string of the molecule is CNC(=O)OCCNCC(C)O. The molecule has 1 amide bonds. The smallest absolute Gasteiger partial charge is 0.406 e. The van der Waals surface area contributed by atoms with Crippen LogP contribution in [0.5, 0.6) is 0 Å². The molecule has 5 nitrogen and oxygen atoms in total. The molecule has 0 rings (SSSR count). The van der Waals surface area contributed by atoms with Crippen LogP contribution in [-0.4, -0.2) is 44.0 Å². The molecular formula is C7H16N2O3. The van der Waals surface area contributed by atoms with E-state index in [2.05, 4.69) is 15.4 Å². The summed E-state index contributed by atoms with van der Waals surface area (Å²) in [4.78, 5) is 10.5.